The van der Waals surface area contributed by atoms with Gasteiger partial charge in [-0.25, -0.2) is 9.48 Å². The molecule has 0 saturated carbocycles. The molecule has 1 fully saturated rings. The molecule has 2 heterocycles. The van der Waals surface area contributed by atoms with Gasteiger partial charge in [-0.2, -0.15) is 5.10 Å². The van der Waals surface area contributed by atoms with E-state index in [2.05, 4.69) is 10.4 Å². The SMILES string of the molecule is Cc1nn(C)c(=O)c(C(=O)OCC(=O)Nc2cccc(N3CCCC3=O)c2)c1C. The summed E-state index contributed by atoms with van der Waals surface area (Å²) in [6.07, 6.45) is 1.32. The number of esters is 1. The molecule has 29 heavy (non-hydrogen) atoms. The molecule has 152 valence electrons. The van der Waals surface area contributed by atoms with Crippen LogP contribution in [0.3, 0.4) is 0 Å². The highest BCUT2D eigenvalue weighted by Gasteiger charge is 2.22. The zero-order valence-corrected chi connectivity index (χ0v) is 16.5. The number of carbonyl (C=O) groups excluding carboxylic acids is 3. The van der Waals surface area contributed by atoms with E-state index in [0.717, 1.165) is 11.1 Å². The van der Waals surface area contributed by atoms with Crippen LogP contribution in [0.1, 0.15) is 34.5 Å². The van der Waals surface area contributed by atoms with Crippen LogP contribution in [0.2, 0.25) is 0 Å². The number of ether oxygens (including phenoxy) is 1. The minimum atomic E-state index is -0.875. The summed E-state index contributed by atoms with van der Waals surface area (Å²) in [5, 5.41) is 6.63. The van der Waals surface area contributed by atoms with Crippen molar-refractivity contribution in [3.05, 3.63) is 51.4 Å². The zero-order chi connectivity index (χ0) is 21.1. The van der Waals surface area contributed by atoms with Gasteiger partial charge in [0.1, 0.15) is 5.56 Å². The fourth-order valence-corrected chi connectivity index (χ4v) is 3.16. The molecule has 0 bridgehead atoms. The molecular formula is C20H22N4O5. The molecule has 1 saturated heterocycles. The van der Waals surface area contributed by atoms with Gasteiger partial charge in [0.15, 0.2) is 6.61 Å². The second kappa shape index (κ2) is 8.26. The van der Waals surface area contributed by atoms with Gasteiger partial charge in [-0.15, -0.1) is 0 Å². The lowest BCUT2D eigenvalue weighted by molar-refractivity contribution is -0.119. The monoisotopic (exact) mass is 398 g/mol. The van der Waals surface area contributed by atoms with Crippen LogP contribution in [0, 0.1) is 13.8 Å². The Kier molecular flexibility index (Phi) is 5.76. The zero-order valence-electron chi connectivity index (χ0n) is 16.5. The number of nitrogens with one attached hydrogen (secondary N) is 1. The van der Waals surface area contributed by atoms with E-state index in [1.807, 2.05) is 0 Å². The molecular weight excluding hydrogens is 376 g/mol. The van der Waals surface area contributed by atoms with Crippen molar-refractivity contribution < 1.29 is 19.1 Å². The lowest BCUT2D eigenvalue weighted by Gasteiger charge is -2.16. The van der Waals surface area contributed by atoms with Gasteiger partial charge in [-0.1, -0.05) is 6.07 Å². The van der Waals surface area contributed by atoms with Crippen LogP contribution in [-0.4, -0.2) is 40.7 Å². The fourth-order valence-electron chi connectivity index (χ4n) is 3.16. The number of hydrogen-bond acceptors (Lipinski definition) is 6. The van der Waals surface area contributed by atoms with Crippen molar-refractivity contribution >= 4 is 29.2 Å². The molecule has 0 aliphatic carbocycles. The van der Waals surface area contributed by atoms with E-state index < -0.39 is 24.0 Å². The average molecular weight is 398 g/mol. The third-order valence-corrected chi connectivity index (χ3v) is 4.78. The minimum Gasteiger partial charge on any atom is -0.452 e. The van der Waals surface area contributed by atoms with Crippen molar-refractivity contribution in [3.8, 4) is 0 Å². The molecule has 0 atom stereocenters. The highest BCUT2D eigenvalue weighted by atomic mass is 16.5. The van der Waals surface area contributed by atoms with Gasteiger partial charge >= 0.3 is 5.97 Å². The predicted octanol–water partition coefficient (Wildman–Crippen LogP) is 1.32. The third kappa shape index (κ3) is 4.34. The predicted molar refractivity (Wildman–Crippen MR) is 106 cm³/mol. The molecule has 1 N–H and O–H groups in total. The molecule has 9 nitrogen and oxygen atoms in total. The highest BCUT2D eigenvalue weighted by molar-refractivity contribution is 5.98. The number of carbonyl (C=O) groups is 3. The van der Waals surface area contributed by atoms with Gasteiger partial charge in [0.05, 0.1) is 5.69 Å². The second-order valence-corrected chi connectivity index (χ2v) is 6.84. The number of nitrogens with zero attached hydrogens (tertiary/aromatic N) is 3. The maximum atomic E-state index is 12.3. The standard InChI is InChI=1S/C20H22N4O5/c1-12-13(2)22-23(3)19(27)18(12)20(28)29-11-16(25)21-14-6-4-7-15(10-14)24-9-5-8-17(24)26/h4,6-7,10H,5,8-9,11H2,1-3H3,(H,21,25). The Morgan fingerprint density at radius 1 is 1.24 bits per heavy atom. The van der Waals surface area contributed by atoms with Crippen molar-refractivity contribution in [2.45, 2.75) is 26.7 Å². The summed E-state index contributed by atoms with van der Waals surface area (Å²) in [6, 6.07) is 6.89. The number of benzene rings is 1. The van der Waals surface area contributed by atoms with E-state index in [-0.39, 0.29) is 11.5 Å². The first kappa shape index (κ1) is 20.2. The van der Waals surface area contributed by atoms with E-state index in [9.17, 15) is 19.2 Å². The molecule has 2 aromatic rings. The molecule has 3 rings (SSSR count). The van der Waals surface area contributed by atoms with Gasteiger partial charge in [0, 0.05) is 31.4 Å². The molecule has 1 aromatic carbocycles. The summed E-state index contributed by atoms with van der Waals surface area (Å²) < 4.78 is 6.08. The molecule has 1 aromatic heterocycles. The van der Waals surface area contributed by atoms with Crippen LogP contribution < -0.4 is 15.8 Å². The Bertz CT molecular complexity index is 1040. The number of hydrogen-bond donors (Lipinski definition) is 1. The van der Waals surface area contributed by atoms with Crippen molar-refractivity contribution in [1.82, 2.24) is 9.78 Å². The highest BCUT2D eigenvalue weighted by Crippen LogP contribution is 2.24. The molecule has 2 amide bonds. The lowest BCUT2D eigenvalue weighted by Crippen LogP contribution is -2.31. The van der Waals surface area contributed by atoms with Crippen molar-refractivity contribution in [1.29, 1.82) is 0 Å². The molecule has 0 spiro atoms. The Balaban J connectivity index is 1.65. The first-order chi connectivity index (χ1) is 13.8. The average Bonchev–Trinajstić information content (AvgIpc) is 3.11. The Morgan fingerprint density at radius 2 is 2.00 bits per heavy atom. The summed E-state index contributed by atoms with van der Waals surface area (Å²) in [4.78, 5) is 50.2. The summed E-state index contributed by atoms with van der Waals surface area (Å²) in [5.41, 5.74) is 1.41. The van der Waals surface area contributed by atoms with Crippen LogP contribution in [0.15, 0.2) is 29.1 Å². The third-order valence-electron chi connectivity index (χ3n) is 4.78. The number of rotatable bonds is 5. The van der Waals surface area contributed by atoms with E-state index in [1.165, 1.54) is 7.05 Å². The fraction of sp³-hybridized carbons (Fsp3) is 0.350. The van der Waals surface area contributed by atoms with Gasteiger partial charge < -0.3 is 15.0 Å². The minimum absolute atomic E-state index is 0.0481. The van der Waals surface area contributed by atoms with Crippen molar-refractivity contribution in [2.24, 2.45) is 7.05 Å². The molecule has 0 unspecified atom stereocenters. The first-order valence-electron chi connectivity index (χ1n) is 9.20. The van der Waals surface area contributed by atoms with Crippen LogP contribution in [0.5, 0.6) is 0 Å². The largest absolute Gasteiger partial charge is 0.452 e. The van der Waals surface area contributed by atoms with E-state index in [1.54, 1.807) is 43.0 Å². The Hall–Kier alpha value is -3.49. The molecule has 0 radical (unpaired) electrons. The number of anilines is 2. The van der Waals surface area contributed by atoms with Crippen LogP contribution in [0.4, 0.5) is 11.4 Å². The first-order valence-corrected chi connectivity index (χ1v) is 9.20. The number of aromatic nitrogens is 2. The number of amides is 2. The molecule has 9 heteroatoms. The molecule has 1 aliphatic heterocycles. The van der Waals surface area contributed by atoms with Crippen LogP contribution >= 0.6 is 0 Å². The smallest absolute Gasteiger partial charge is 0.344 e. The second-order valence-electron chi connectivity index (χ2n) is 6.84. The summed E-state index contributed by atoms with van der Waals surface area (Å²) in [5.74, 6) is -1.38. The maximum Gasteiger partial charge on any atom is 0.344 e. The van der Waals surface area contributed by atoms with Crippen molar-refractivity contribution in [2.75, 3.05) is 23.4 Å². The van der Waals surface area contributed by atoms with E-state index >= 15 is 0 Å². The lowest BCUT2D eigenvalue weighted by atomic mass is 10.1. The van der Waals surface area contributed by atoms with Gasteiger partial charge in [-0.3, -0.25) is 14.4 Å². The normalized spacial score (nSPS) is 13.5. The summed E-state index contributed by atoms with van der Waals surface area (Å²) in [6.45, 7) is 3.38. The molecule has 1 aliphatic rings. The van der Waals surface area contributed by atoms with Crippen molar-refractivity contribution in [3.63, 3.8) is 0 Å². The summed E-state index contributed by atoms with van der Waals surface area (Å²) >= 11 is 0. The van der Waals surface area contributed by atoms with Gasteiger partial charge in [0.2, 0.25) is 5.91 Å². The van der Waals surface area contributed by atoms with Gasteiger partial charge in [-0.05, 0) is 44.0 Å². The maximum absolute atomic E-state index is 12.3. The quantitative estimate of drug-likeness (QED) is 0.761. The Labute approximate surface area is 167 Å². The summed E-state index contributed by atoms with van der Waals surface area (Å²) in [7, 11) is 1.44. The number of aryl methyl sites for hydroxylation is 2. The van der Waals surface area contributed by atoms with E-state index in [0.29, 0.717) is 35.6 Å². The topological polar surface area (TPSA) is 111 Å². The van der Waals surface area contributed by atoms with Crippen LogP contribution in [-0.2, 0) is 21.4 Å². The Morgan fingerprint density at radius 3 is 2.69 bits per heavy atom. The van der Waals surface area contributed by atoms with E-state index in [4.69, 9.17) is 4.74 Å². The van der Waals surface area contributed by atoms with Crippen LogP contribution in [0.25, 0.3) is 0 Å². The van der Waals surface area contributed by atoms with Gasteiger partial charge in [0.25, 0.3) is 11.5 Å².